The Morgan fingerprint density at radius 2 is 2.00 bits per heavy atom. The average Bonchev–Trinajstić information content (AvgIpc) is 2.31. The van der Waals surface area contributed by atoms with Crippen LogP contribution in [0.4, 0.5) is 0 Å². The Morgan fingerprint density at radius 3 is 2.47 bits per heavy atom. The lowest BCUT2D eigenvalue weighted by molar-refractivity contribution is 0.182. The van der Waals surface area contributed by atoms with Crippen molar-refractivity contribution in [2.24, 2.45) is 5.73 Å². The molecule has 0 aliphatic carbocycles. The second-order valence-corrected chi connectivity index (χ2v) is 4.80. The van der Waals surface area contributed by atoms with Gasteiger partial charge < -0.3 is 15.2 Å². The predicted molar refractivity (Wildman–Crippen MR) is 68.3 cm³/mol. The highest BCUT2D eigenvalue weighted by molar-refractivity contribution is 5.46. The SMILES string of the molecule is COCc1cnc(C)c(OC)c1C(C)(C)CN. The van der Waals surface area contributed by atoms with Crippen LogP contribution in [-0.4, -0.2) is 25.7 Å². The van der Waals surface area contributed by atoms with Crippen LogP contribution in [-0.2, 0) is 16.8 Å². The van der Waals surface area contributed by atoms with Crippen LogP contribution >= 0.6 is 0 Å². The Labute approximate surface area is 103 Å². The highest BCUT2D eigenvalue weighted by atomic mass is 16.5. The Hall–Kier alpha value is -1.13. The summed E-state index contributed by atoms with van der Waals surface area (Å²) in [5.41, 5.74) is 8.71. The number of hydrogen-bond donors (Lipinski definition) is 1. The first-order chi connectivity index (χ1) is 7.97. The molecule has 1 heterocycles. The predicted octanol–water partition coefficient (Wildman–Crippen LogP) is 1.78. The molecule has 0 aliphatic heterocycles. The molecule has 0 amide bonds. The van der Waals surface area contributed by atoms with Gasteiger partial charge >= 0.3 is 0 Å². The van der Waals surface area contributed by atoms with Gasteiger partial charge in [0.25, 0.3) is 0 Å². The fraction of sp³-hybridized carbons (Fsp3) is 0.615. The first-order valence-corrected chi connectivity index (χ1v) is 5.70. The van der Waals surface area contributed by atoms with E-state index in [-0.39, 0.29) is 5.41 Å². The molecular formula is C13H22N2O2. The summed E-state index contributed by atoms with van der Waals surface area (Å²) in [7, 11) is 3.34. The van der Waals surface area contributed by atoms with Gasteiger partial charge in [0, 0.05) is 36.4 Å². The molecule has 0 radical (unpaired) electrons. The average molecular weight is 238 g/mol. The molecule has 4 heteroatoms. The van der Waals surface area contributed by atoms with Crippen molar-refractivity contribution in [1.82, 2.24) is 4.98 Å². The third kappa shape index (κ3) is 2.76. The number of pyridine rings is 1. The standard InChI is InChI=1S/C13H22N2O2/c1-9-12(17-5)11(13(2,3)8-14)10(6-15-9)7-16-4/h6H,7-8,14H2,1-5H3. The van der Waals surface area contributed by atoms with Crippen LogP contribution in [0, 0.1) is 6.92 Å². The molecule has 0 spiro atoms. The highest BCUT2D eigenvalue weighted by Gasteiger charge is 2.27. The number of nitrogens with two attached hydrogens (primary N) is 1. The summed E-state index contributed by atoms with van der Waals surface area (Å²) >= 11 is 0. The van der Waals surface area contributed by atoms with Crippen LogP contribution in [0.25, 0.3) is 0 Å². The number of aromatic nitrogens is 1. The monoisotopic (exact) mass is 238 g/mol. The minimum Gasteiger partial charge on any atom is -0.495 e. The van der Waals surface area contributed by atoms with E-state index in [9.17, 15) is 0 Å². The summed E-state index contributed by atoms with van der Waals surface area (Å²) in [6.07, 6.45) is 1.84. The highest BCUT2D eigenvalue weighted by Crippen LogP contribution is 2.35. The van der Waals surface area contributed by atoms with E-state index in [4.69, 9.17) is 15.2 Å². The van der Waals surface area contributed by atoms with E-state index in [1.807, 2.05) is 13.1 Å². The van der Waals surface area contributed by atoms with Gasteiger partial charge in [0.1, 0.15) is 5.75 Å². The van der Waals surface area contributed by atoms with Crippen molar-refractivity contribution in [3.8, 4) is 5.75 Å². The van der Waals surface area contributed by atoms with E-state index in [1.54, 1.807) is 14.2 Å². The van der Waals surface area contributed by atoms with Gasteiger partial charge in [-0.05, 0) is 6.92 Å². The normalized spacial score (nSPS) is 11.6. The van der Waals surface area contributed by atoms with Crippen molar-refractivity contribution >= 4 is 0 Å². The van der Waals surface area contributed by atoms with Crippen LogP contribution in [0.1, 0.15) is 30.7 Å². The van der Waals surface area contributed by atoms with Crippen molar-refractivity contribution in [1.29, 1.82) is 0 Å². The molecule has 0 saturated carbocycles. The fourth-order valence-electron chi connectivity index (χ4n) is 1.98. The van der Waals surface area contributed by atoms with Crippen LogP contribution in [0.5, 0.6) is 5.75 Å². The van der Waals surface area contributed by atoms with Gasteiger partial charge in [0.05, 0.1) is 19.4 Å². The zero-order valence-corrected chi connectivity index (χ0v) is 11.3. The summed E-state index contributed by atoms with van der Waals surface area (Å²) in [6.45, 7) is 7.20. The summed E-state index contributed by atoms with van der Waals surface area (Å²) in [6, 6.07) is 0. The van der Waals surface area contributed by atoms with Crippen LogP contribution in [0.15, 0.2) is 6.20 Å². The van der Waals surface area contributed by atoms with E-state index in [0.29, 0.717) is 13.2 Å². The summed E-state index contributed by atoms with van der Waals surface area (Å²) in [5.74, 6) is 0.815. The molecule has 0 unspecified atom stereocenters. The maximum absolute atomic E-state index is 5.86. The molecule has 2 N–H and O–H groups in total. The van der Waals surface area contributed by atoms with Gasteiger partial charge in [-0.15, -0.1) is 0 Å². The number of methoxy groups -OCH3 is 2. The number of nitrogens with zero attached hydrogens (tertiary/aromatic N) is 1. The zero-order valence-electron chi connectivity index (χ0n) is 11.3. The van der Waals surface area contributed by atoms with Crippen molar-refractivity contribution in [2.75, 3.05) is 20.8 Å². The molecule has 1 rings (SSSR count). The summed E-state index contributed by atoms with van der Waals surface area (Å²) in [4.78, 5) is 4.33. The smallest absolute Gasteiger partial charge is 0.144 e. The molecule has 0 fully saturated rings. The Bertz CT molecular complexity index is 389. The topological polar surface area (TPSA) is 57.4 Å². The van der Waals surface area contributed by atoms with E-state index in [1.165, 1.54) is 0 Å². The van der Waals surface area contributed by atoms with E-state index in [2.05, 4.69) is 18.8 Å². The first-order valence-electron chi connectivity index (χ1n) is 5.70. The maximum Gasteiger partial charge on any atom is 0.144 e. The lowest BCUT2D eigenvalue weighted by Gasteiger charge is -2.28. The molecule has 4 nitrogen and oxygen atoms in total. The molecular weight excluding hydrogens is 216 g/mol. The lowest BCUT2D eigenvalue weighted by atomic mass is 9.81. The lowest BCUT2D eigenvalue weighted by Crippen LogP contribution is -2.30. The van der Waals surface area contributed by atoms with Crippen molar-refractivity contribution in [3.63, 3.8) is 0 Å². The summed E-state index contributed by atoms with van der Waals surface area (Å²) in [5, 5.41) is 0. The quantitative estimate of drug-likeness (QED) is 0.849. The van der Waals surface area contributed by atoms with E-state index < -0.39 is 0 Å². The number of aryl methyl sites for hydroxylation is 1. The third-order valence-electron chi connectivity index (χ3n) is 2.98. The van der Waals surface area contributed by atoms with Crippen LogP contribution in [0.2, 0.25) is 0 Å². The zero-order chi connectivity index (χ0) is 13.1. The molecule has 96 valence electrons. The Kier molecular flexibility index (Phi) is 4.48. The number of rotatable bonds is 5. The number of hydrogen-bond acceptors (Lipinski definition) is 4. The van der Waals surface area contributed by atoms with E-state index in [0.717, 1.165) is 22.6 Å². The molecule has 17 heavy (non-hydrogen) atoms. The minimum atomic E-state index is -0.160. The molecule has 0 aromatic carbocycles. The van der Waals surface area contributed by atoms with Gasteiger partial charge in [0.15, 0.2) is 0 Å². The molecule has 0 atom stereocenters. The molecule has 1 aromatic heterocycles. The molecule has 0 saturated heterocycles. The maximum atomic E-state index is 5.86. The van der Waals surface area contributed by atoms with Crippen molar-refractivity contribution in [3.05, 3.63) is 23.0 Å². The first kappa shape index (κ1) is 13.9. The van der Waals surface area contributed by atoms with E-state index >= 15 is 0 Å². The Morgan fingerprint density at radius 1 is 1.35 bits per heavy atom. The van der Waals surface area contributed by atoms with Gasteiger partial charge in [-0.1, -0.05) is 13.8 Å². The van der Waals surface area contributed by atoms with Gasteiger partial charge in [0.2, 0.25) is 0 Å². The minimum absolute atomic E-state index is 0.160. The van der Waals surface area contributed by atoms with Crippen LogP contribution < -0.4 is 10.5 Å². The van der Waals surface area contributed by atoms with Gasteiger partial charge in [-0.2, -0.15) is 0 Å². The van der Waals surface area contributed by atoms with Crippen LogP contribution in [0.3, 0.4) is 0 Å². The number of ether oxygens (including phenoxy) is 2. The molecule has 0 aliphatic rings. The van der Waals surface area contributed by atoms with Gasteiger partial charge in [-0.3, -0.25) is 4.98 Å². The van der Waals surface area contributed by atoms with Crippen molar-refractivity contribution in [2.45, 2.75) is 32.8 Å². The second kappa shape index (κ2) is 5.47. The largest absolute Gasteiger partial charge is 0.495 e. The molecule has 1 aromatic rings. The van der Waals surface area contributed by atoms with Gasteiger partial charge in [-0.25, -0.2) is 0 Å². The Balaban J connectivity index is 3.44. The summed E-state index contributed by atoms with van der Waals surface area (Å²) < 4.78 is 10.7. The fourth-order valence-corrected chi connectivity index (χ4v) is 1.98. The van der Waals surface area contributed by atoms with Crippen molar-refractivity contribution < 1.29 is 9.47 Å². The molecule has 0 bridgehead atoms. The second-order valence-electron chi connectivity index (χ2n) is 4.80. The third-order valence-corrected chi connectivity index (χ3v) is 2.98.